The molecule has 1 unspecified atom stereocenters. The van der Waals surface area contributed by atoms with Crippen LogP contribution in [-0.4, -0.2) is 53.1 Å². The SMILES string of the molecule is O=C(O)C(=O)O.OC(CNCCc1ccc(Cl)cc1)COCc1cccs1. The van der Waals surface area contributed by atoms with E-state index in [1.54, 1.807) is 11.3 Å². The van der Waals surface area contributed by atoms with E-state index in [9.17, 15) is 5.11 Å². The monoisotopic (exact) mass is 415 g/mol. The van der Waals surface area contributed by atoms with Crippen molar-refractivity contribution >= 4 is 34.9 Å². The summed E-state index contributed by atoms with van der Waals surface area (Å²) in [6, 6.07) is 11.9. The second-order valence-corrected chi connectivity index (χ2v) is 6.91. The fourth-order valence-electron chi connectivity index (χ4n) is 1.90. The van der Waals surface area contributed by atoms with Crippen LogP contribution >= 0.6 is 22.9 Å². The largest absolute Gasteiger partial charge is 0.473 e. The predicted molar refractivity (Wildman–Crippen MR) is 103 cm³/mol. The number of rotatable bonds is 9. The summed E-state index contributed by atoms with van der Waals surface area (Å²) < 4.78 is 5.47. The molecule has 0 spiro atoms. The van der Waals surface area contributed by atoms with Crippen molar-refractivity contribution in [2.75, 3.05) is 19.7 Å². The Hall–Kier alpha value is -1.97. The molecular formula is C18H22ClNO6S. The Morgan fingerprint density at radius 3 is 2.37 bits per heavy atom. The van der Waals surface area contributed by atoms with Crippen LogP contribution in [0.3, 0.4) is 0 Å². The molecule has 1 atom stereocenters. The number of halogens is 1. The van der Waals surface area contributed by atoms with Gasteiger partial charge in [0.15, 0.2) is 0 Å². The summed E-state index contributed by atoms with van der Waals surface area (Å²) in [6.07, 6.45) is 0.440. The molecular weight excluding hydrogens is 394 g/mol. The van der Waals surface area contributed by atoms with Crippen molar-refractivity contribution in [3.05, 3.63) is 57.2 Å². The Bertz CT molecular complexity index is 666. The first-order valence-corrected chi connectivity index (χ1v) is 9.33. The Morgan fingerprint density at radius 2 is 1.81 bits per heavy atom. The van der Waals surface area contributed by atoms with Crippen LogP contribution in [0.15, 0.2) is 41.8 Å². The number of hydrogen-bond donors (Lipinski definition) is 4. The molecule has 2 rings (SSSR count). The zero-order valence-electron chi connectivity index (χ0n) is 14.5. The van der Waals surface area contributed by atoms with Crippen molar-refractivity contribution in [2.24, 2.45) is 0 Å². The lowest BCUT2D eigenvalue weighted by Crippen LogP contribution is -2.31. The Kier molecular flexibility index (Phi) is 11.3. The highest BCUT2D eigenvalue weighted by Crippen LogP contribution is 2.10. The van der Waals surface area contributed by atoms with Crippen LogP contribution in [-0.2, 0) is 27.4 Å². The molecule has 1 aromatic heterocycles. The van der Waals surface area contributed by atoms with Crippen molar-refractivity contribution in [1.82, 2.24) is 5.32 Å². The lowest BCUT2D eigenvalue weighted by Gasteiger charge is -2.12. The van der Waals surface area contributed by atoms with Gasteiger partial charge in [-0.2, -0.15) is 0 Å². The minimum atomic E-state index is -1.82. The summed E-state index contributed by atoms with van der Waals surface area (Å²) >= 11 is 7.50. The molecule has 9 heteroatoms. The summed E-state index contributed by atoms with van der Waals surface area (Å²) in [6.45, 7) is 2.28. The molecule has 1 heterocycles. The van der Waals surface area contributed by atoms with E-state index in [1.165, 1.54) is 10.4 Å². The van der Waals surface area contributed by atoms with Crippen LogP contribution in [0.1, 0.15) is 10.4 Å². The van der Waals surface area contributed by atoms with Gasteiger partial charge in [0.2, 0.25) is 0 Å². The molecule has 1 aromatic carbocycles. The maximum absolute atomic E-state index is 9.81. The molecule has 0 aliphatic carbocycles. The van der Waals surface area contributed by atoms with E-state index in [0.717, 1.165) is 18.0 Å². The Morgan fingerprint density at radius 1 is 1.15 bits per heavy atom. The number of carboxylic acids is 2. The van der Waals surface area contributed by atoms with Gasteiger partial charge in [-0.1, -0.05) is 29.8 Å². The topological polar surface area (TPSA) is 116 Å². The molecule has 0 aliphatic heterocycles. The van der Waals surface area contributed by atoms with Crippen molar-refractivity contribution in [3.8, 4) is 0 Å². The number of ether oxygens (including phenoxy) is 1. The molecule has 0 aliphatic rings. The summed E-state index contributed by atoms with van der Waals surface area (Å²) in [5.41, 5.74) is 1.23. The van der Waals surface area contributed by atoms with E-state index in [4.69, 9.17) is 36.1 Å². The third kappa shape index (κ3) is 11.4. The van der Waals surface area contributed by atoms with Gasteiger partial charge in [0.1, 0.15) is 0 Å². The molecule has 0 amide bonds. The molecule has 0 saturated heterocycles. The number of thiophene rings is 1. The molecule has 0 fully saturated rings. The van der Waals surface area contributed by atoms with E-state index in [2.05, 4.69) is 5.32 Å². The number of hydrogen-bond acceptors (Lipinski definition) is 6. The predicted octanol–water partition coefficient (Wildman–Crippen LogP) is 2.27. The van der Waals surface area contributed by atoms with Gasteiger partial charge in [0.25, 0.3) is 0 Å². The lowest BCUT2D eigenvalue weighted by molar-refractivity contribution is -0.159. The molecule has 148 valence electrons. The van der Waals surface area contributed by atoms with Gasteiger partial charge in [-0.25, -0.2) is 9.59 Å². The number of benzene rings is 1. The summed E-state index contributed by atoms with van der Waals surface area (Å²) in [5.74, 6) is -3.65. The maximum Gasteiger partial charge on any atom is 0.414 e. The van der Waals surface area contributed by atoms with Gasteiger partial charge in [0.05, 0.1) is 19.3 Å². The molecule has 0 bridgehead atoms. The molecule has 4 N–H and O–H groups in total. The summed E-state index contributed by atoms with van der Waals surface area (Å²) in [5, 5.41) is 30.6. The van der Waals surface area contributed by atoms with Crippen LogP contribution in [0.2, 0.25) is 5.02 Å². The Balaban J connectivity index is 0.000000527. The standard InChI is InChI=1S/C16H20ClNO2S.C2H2O4/c17-14-5-3-13(4-6-14)7-8-18-10-15(19)11-20-12-16-2-1-9-21-16;3-1(4)2(5)6/h1-6,9,15,18-19H,7-8,10-12H2;(H,3,4)(H,5,6). The fourth-order valence-corrected chi connectivity index (χ4v) is 2.67. The first-order chi connectivity index (χ1) is 12.9. The van der Waals surface area contributed by atoms with E-state index >= 15 is 0 Å². The fraction of sp³-hybridized carbons (Fsp3) is 0.333. The van der Waals surface area contributed by atoms with Crippen LogP contribution in [0.5, 0.6) is 0 Å². The lowest BCUT2D eigenvalue weighted by atomic mass is 10.1. The second kappa shape index (κ2) is 13.2. The van der Waals surface area contributed by atoms with Gasteiger partial charge in [0, 0.05) is 16.4 Å². The van der Waals surface area contributed by atoms with Crippen molar-refractivity contribution in [1.29, 1.82) is 0 Å². The maximum atomic E-state index is 9.81. The summed E-state index contributed by atoms with van der Waals surface area (Å²) in [4.78, 5) is 19.4. The second-order valence-electron chi connectivity index (χ2n) is 5.44. The number of aliphatic hydroxyl groups is 1. The highest BCUT2D eigenvalue weighted by atomic mass is 35.5. The first kappa shape index (κ1) is 23.1. The zero-order chi connectivity index (χ0) is 20.1. The quantitative estimate of drug-likeness (QED) is 0.366. The van der Waals surface area contributed by atoms with Crippen LogP contribution in [0, 0.1) is 0 Å². The number of aliphatic hydroxyl groups excluding tert-OH is 1. The smallest absolute Gasteiger partial charge is 0.414 e. The highest BCUT2D eigenvalue weighted by molar-refractivity contribution is 7.09. The van der Waals surface area contributed by atoms with E-state index in [-0.39, 0.29) is 0 Å². The zero-order valence-corrected chi connectivity index (χ0v) is 16.1. The van der Waals surface area contributed by atoms with Gasteiger partial charge in [-0.15, -0.1) is 11.3 Å². The molecule has 2 aromatic rings. The normalized spacial score (nSPS) is 11.3. The van der Waals surface area contributed by atoms with Crippen LogP contribution < -0.4 is 5.32 Å². The van der Waals surface area contributed by atoms with Crippen LogP contribution in [0.4, 0.5) is 0 Å². The summed E-state index contributed by atoms with van der Waals surface area (Å²) in [7, 11) is 0. The molecule has 0 radical (unpaired) electrons. The van der Waals surface area contributed by atoms with Crippen LogP contribution in [0.25, 0.3) is 0 Å². The minimum Gasteiger partial charge on any atom is -0.473 e. The van der Waals surface area contributed by atoms with Gasteiger partial charge in [-0.05, 0) is 42.1 Å². The van der Waals surface area contributed by atoms with Gasteiger partial charge < -0.3 is 25.4 Å². The van der Waals surface area contributed by atoms with Gasteiger partial charge >= 0.3 is 11.9 Å². The third-order valence-electron chi connectivity index (χ3n) is 3.20. The third-order valence-corrected chi connectivity index (χ3v) is 4.30. The molecule has 0 saturated carbocycles. The highest BCUT2D eigenvalue weighted by Gasteiger charge is 2.05. The first-order valence-electron chi connectivity index (χ1n) is 8.08. The Labute approximate surface area is 166 Å². The number of nitrogens with one attached hydrogen (secondary N) is 1. The number of carbonyl (C=O) groups is 2. The van der Waals surface area contributed by atoms with Crippen molar-refractivity contribution in [2.45, 2.75) is 19.1 Å². The number of carboxylic acid groups (broad SMARTS) is 2. The van der Waals surface area contributed by atoms with Gasteiger partial charge in [-0.3, -0.25) is 0 Å². The molecule has 7 nitrogen and oxygen atoms in total. The van der Waals surface area contributed by atoms with Crippen molar-refractivity contribution in [3.63, 3.8) is 0 Å². The minimum absolute atomic E-state index is 0.353. The van der Waals surface area contributed by atoms with Crippen molar-refractivity contribution < 1.29 is 29.6 Å². The average Bonchev–Trinajstić information content (AvgIpc) is 3.14. The molecule has 27 heavy (non-hydrogen) atoms. The van der Waals surface area contributed by atoms with E-state index in [1.807, 2.05) is 41.8 Å². The van der Waals surface area contributed by atoms with E-state index < -0.39 is 18.0 Å². The van der Waals surface area contributed by atoms with E-state index in [0.29, 0.717) is 19.8 Å². The number of aliphatic carboxylic acids is 2. The average molecular weight is 416 g/mol.